The van der Waals surface area contributed by atoms with Crippen LogP contribution < -0.4 is 5.32 Å². The number of aromatic nitrogens is 2. The first kappa shape index (κ1) is 14.0. The number of hydrogen-bond donors (Lipinski definition) is 1. The van der Waals surface area contributed by atoms with Crippen LogP contribution in [0.25, 0.3) is 4.96 Å². The second kappa shape index (κ2) is 5.84. The number of aryl methyl sites for hydroxylation is 2. The van der Waals surface area contributed by atoms with Gasteiger partial charge in [0.05, 0.1) is 11.4 Å². The van der Waals surface area contributed by atoms with Crippen molar-refractivity contribution in [3.63, 3.8) is 0 Å². The number of hydrogen-bond acceptors (Lipinski definition) is 4. The predicted octanol–water partition coefficient (Wildman–Crippen LogP) is 2.59. The molecule has 0 aromatic carbocycles. The van der Waals surface area contributed by atoms with Gasteiger partial charge in [-0.3, -0.25) is 4.40 Å². The lowest BCUT2D eigenvalue weighted by Crippen LogP contribution is -2.42. The van der Waals surface area contributed by atoms with E-state index >= 15 is 0 Å². The Balaban J connectivity index is 1.64. The fourth-order valence-corrected chi connectivity index (χ4v) is 3.91. The highest BCUT2D eigenvalue weighted by Crippen LogP contribution is 2.21. The van der Waals surface area contributed by atoms with Gasteiger partial charge in [-0.25, -0.2) is 4.98 Å². The zero-order valence-corrected chi connectivity index (χ0v) is 13.5. The van der Waals surface area contributed by atoms with Crippen LogP contribution in [0.1, 0.15) is 36.0 Å². The zero-order valence-electron chi connectivity index (χ0n) is 12.6. The lowest BCUT2D eigenvalue weighted by Gasteiger charge is -2.31. The van der Waals surface area contributed by atoms with Gasteiger partial charge >= 0.3 is 0 Å². The second-order valence-corrected chi connectivity index (χ2v) is 6.94. The summed E-state index contributed by atoms with van der Waals surface area (Å²) in [5.74, 6) is 0. The summed E-state index contributed by atoms with van der Waals surface area (Å²) in [5, 5.41) is 3.73. The lowest BCUT2D eigenvalue weighted by molar-refractivity contribution is 0.205. The summed E-state index contributed by atoms with van der Waals surface area (Å²) in [5.41, 5.74) is 2.48. The number of thiazole rings is 1. The third kappa shape index (κ3) is 2.75. The zero-order chi connectivity index (χ0) is 14.1. The highest BCUT2D eigenvalue weighted by molar-refractivity contribution is 7.17. The molecule has 1 aliphatic heterocycles. The van der Waals surface area contributed by atoms with Crippen LogP contribution in [0, 0.1) is 13.8 Å². The second-order valence-electron chi connectivity index (χ2n) is 5.73. The van der Waals surface area contributed by atoms with Gasteiger partial charge in [-0.2, -0.15) is 0 Å². The largest absolute Gasteiger partial charge is 0.308 e. The van der Waals surface area contributed by atoms with E-state index in [9.17, 15) is 0 Å². The van der Waals surface area contributed by atoms with E-state index in [1.165, 1.54) is 43.0 Å². The van der Waals surface area contributed by atoms with Gasteiger partial charge in [0.2, 0.25) is 0 Å². The van der Waals surface area contributed by atoms with Gasteiger partial charge < -0.3 is 10.2 Å². The topological polar surface area (TPSA) is 32.6 Å². The number of rotatable bonds is 4. The van der Waals surface area contributed by atoms with Crippen molar-refractivity contribution >= 4 is 16.3 Å². The molecule has 0 radical (unpaired) electrons. The Morgan fingerprint density at radius 2 is 2.10 bits per heavy atom. The molecule has 2 aromatic heterocycles. The van der Waals surface area contributed by atoms with Crippen LogP contribution in [0.2, 0.25) is 0 Å². The third-order valence-electron chi connectivity index (χ3n) is 4.33. The van der Waals surface area contributed by atoms with Gasteiger partial charge in [0.1, 0.15) is 0 Å². The van der Waals surface area contributed by atoms with Crippen LogP contribution in [0.15, 0.2) is 6.20 Å². The van der Waals surface area contributed by atoms with Gasteiger partial charge in [-0.05, 0) is 46.3 Å². The van der Waals surface area contributed by atoms with Crippen LogP contribution in [-0.4, -0.2) is 40.0 Å². The van der Waals surface area contributed by atoms with Crippen molar-refractivity contribution < 1.29 is 0 Å². The Kier molecular flexibility index (Phi) is 4.10. The van der Waals surface area contributed by atoms with E-state index in [0.29, 0.717) is 6.04 Å². The molecule has 5 heteroatoms. The Hall–Kier alpha value is -0.910. The van der Waals surface area contributed by atoms with Crippen molar-refractivity contribution in [2.24, 2.45) is 0 Å². The van der Waals surface area contributed by atoms with E-state index in [2.05, 4.69) is 46.6 Å². The van der Waals surface area contributed by atoms with Crippen molar-refractivity contribution in [1.82, 2.24) is 19.6 Å². The fraction of sp³-hybridized carbons (Fsp3) is 0.667. The first-order chi connectivity index (χ1) is 9.67. The maximum atomic E-state index is 4.66. The molecule has 0 unspecified atom stereocenters. The molecule has 1 aliphatic rings. The summed E-state index contributed by atoms with van der Waals surface area (Å²) in [6, 6.07) is 0.655. The normalized spacial score (nSPS) is 18.1. The summed E-state index contributed by atoms with van der Waals surface area (Å²) in [6.07, 6.45) is 4.73. The Morgan fingerprint density at radius 3 is 2.80 bits per heavy atom. The van der Waals surface area contributed by atoms with Gasteiger partial charge in [0.25, 0.3) is 0 Å². The average Bonchev–Trinajstić information content (AvgIpc) is 2.92. The van der Waals surface area contributed by atoms with Crippen LogP contribution in [0.4, 0.5) is 0 Å². The molecule has 0 atom stereocenters. The highest BCUT2D eigenvalue weighted by atomic mass is 32.1. The smallest absolute Gasteiger partial charge is 0.194 e. The molecule has 0 spiro atoms. The number of imidazole rings is 1. The molecule has 0 bridgehead atoms. The van der Waals surface area contributed by atoms with Crippen LogP contribution in [0.5, 0.6) is 0 Å². The van der Waals surface area contributed by atoms with Crippen LogP contribution in [-0.2, 0) is 6.54 Å². The molecule has 2 aromatic rings. The quantitative estimate of drug-likeness (QED) is 0.940. The minimum absolute atomic E-state index is 0.655. The maximum absolute atomic E-state index is 4.66. The molecule has 0 aliphatic carbocycles. The van der Waals surface area contributed by atoms with Gasteiger partial charge in [-0.1, -0.05) is 6.92 Å². The highest BCUT2D eigenvalue weighted by Gasteiger charge is 2.18. The average molecular weight is 292 g/mol. The molecular weight excluding hydrogens is 268 g/mol. The molecule has 3 heterocycles. The summed E-state index contributed by atoms with van der Waals surface area (Å²) in [4.78, 5) is 9.63. The van der Waals surface area contributed by atoms with Crippen molar-refractivity contribution in [2.45, 2.75) is 46.2 Å². The number of fused-ring (bicyclic) bond motifs is 1. The fourth-order valence-electron chi connectivity index (χ4n) is 3.02. The van der Waals surface area contributed by atoms with Crippen molar-refractivity contribution in [1.29, 1.82) is 0 Å². The molecule has 1 fully saturated rings. The first-order valence-corrected chi connectivity index (χ1v) is 8.38. The molecule has 0 saturated carbocycles. The van der Waals surface area contributed by atoms with E-state index in [1.807, 2.05) is 0 Å². The number of piperidine rings is 1. The molecule has 20 heavy (non-hydrogen) atoms. The van der Waals surface area contributed by atoms with E-state index in [-0.39, 0.29) is 0 Å². The van der Waals surface area contributed by atoms with Gasteiger partial charge in [0.15, 0.2) is 4.96 Å². The standard InChI is InChI=1S/C15H24N4S/c1-4-18-7-5-13(6-8-18)16-9-14-12(3)17-15-19(14)10-11(2)20-15/h10,13,16H,4-9H2,1-3H3. The SMILES string of the molecule is CCN1CCC(NCc2c(C)nc3sc(C)cn23)CC1. The Bertz CT molecular complexity index is 578. The minimum Gasteiger partial charge on any atom is -0.308 e. The summed E-state index contributed by atoms with van der Waals surface area (Å²) in [6.45, 7) is 11.1. The Morgan fingerprint density at radius 1 is 1.35 bits per heavy atom. The number of nitrogens with one attached hydrogen (secondary N) is 1. The predicted molar refractivity (Wildman–Crippen MR) is 84.5 cm³/mol. The maximum Gasteiger partial charge on any atom is 0.194 e. The lowest BCUT2D eigenvalue weighted by atomic mass is 10.1. The van der Waals surface area contributed by atoms with Gasteiger partial charge in [0, 0.05) is 23.7 Å². The molecular formula is C15H24N4S. The van der Waals surface area contributed by atoms with Crippen LogP contribution in [0.3, 0.4) is 0 Å². The van der Waals surface area contributed by atoms with E-state index in [1.54, 1.807) is 11.3 Å². The van der Waals surface area contributed by atoms with E-state index < -0.39 is 0 Å². The van der Waals surface area contributed by atoms with Crippen molar-refractivity contribution in [2.75, 3.05) is 19.6 Å². The van der Waals surface area contributed by atoms with Crippen molar-refractivity contribution in [3.8, 4) is 0 Å². The third-order valence-corrected chi connectivity index (χ3v) is 5.23. The minimum atomic E-state index is 0.655. The molecule has 1 N–H and O–H groups in total. The molecule has 110 valence electrons. The van der Waals surface area contributed by atoms with Gasteiger partial charge in [-0.15, -0.1) is 11.3 Å². The number of nitrogens with zero attached hydrogens (tertiary/aromatic N) is 3. The monoisotopic (exact) mass is 292 g/mol. The van der Waals surface area contributed by atoms with E-state index in [4.69, 9.17) is 0 Å². The molecule has 1 saturated heterocycles. The first-order valence-electron chi connectivity index (χ1n) is 7.57. The van der Waals surface area contributed by atoms with Crippen molar-refractivity contribution in [3.05, 3.63) is 22.5 Å². The number of likely N-dealkylation sites (tertiary alicyclic amines) is 1. The summed E-state index contributed by atoms with van der Waals surface area (Å²) >= 11 is 1.77. The summed E-state index contributed by atoms with van der Waals surface area (Å²) < 4.78 is 2.25. The van der Waals surface area contributed by atoms with E-state index in [0.717, 1.165) is 17.2 Å². The molecule has 0 amide bonds. The molecule has 3 rings (SSSR count). The van der Waals surface area contributed by atoms with Crippen LogP contribution >= 0.6 is 11.3 Å². The Labute approximate surface area is 124 Å². The molecule has 4 nitrogen and oxygen atoms in total. The summed E-state index contributed by atoms with van der Waals surface area (Å²) in [7, 11) is 0.